The number of hydrogen-bond donors (Lipinski definition) is 2. The van der Waals surface area contributed by atoms with Crippen molar-refractivity contribution in [2.45, 2.75) is 84.1 Å². The van der Waals surface area contributed by atoms with E-state index in [0.29, 0.717) is 6.42 Å². The van der Waals surface area contributed by atoms with Crippen molar-refractivity contribution in [1.82, 2.24) is 10.6 Å². The molecule has 1 aliphatic rings. The zero-order chi connectivity index (χ0) is 17.5. The van der Waals surface area contributed by atoms with Gasteiger partial charge in [0, 0.05) is 11.6 Å². The fourth-order valence-electron chi connectivity index (χ4n) is 2.23. The average molecular weight is 326 g/mol. The molecule has 0 fully saturated rings. The second-order valence-corrected chi connectivity index (χ2v) is 7.20. The van der Waals surface area contributed by atoms with E-state index in [2.05, 4.69) is 10.6 Å². The molecule has 0 bridgehead atoms. The van der Waals surface area contributed by atoms with E-state index in [1.54, 1.807) is 0 Å². The van der Waals surface area contributed by atoms with Crippen molar-refractivity contribution in [3.63, 3.8) is 0 Å². The number of ether oxygens (including phenoxy) is 2. The minimum Gasteiger partial charge on any atom is -0.442 e. The molecular weight excluding hydrogens is 296 g/mol. The van der Waals surface area contributed by atoms with Gasteiger partial charge in [-0.2, -0.15) is 0 Å². The molecule has 0 saturated heterocycles. The lowest BCUT2D eigenvalue weighted by Crippen LogP contribution is -2.45. The molecule has 2 unspecified atom stereocenters. The first kappa shape index (κ1) is 19.3. The first-order valence-corrected chi connectivity index (χ1v) is 8.30. The van der Waals surface area contributed by atoms with Crippen LogP contribution in [0.15, 0.2) is 12.2 Å². The van der Waals surface area contributed by atoms with Crippen LogP contribution in [0.5, 0.6) is 0 Å². The molecule has 0 aliphatic heterocycles. The van der Waals surface area contributed by atoms with Crippen LogP contribution in [0.3, 0.4) is 0 Å². The van der Waals surface area contributed by atoms with E-state index in [1.165, 1.54) is 0 Å². The Morgan fingerprint density at radius 3 is 2.43 bits per heavy atom. The topological polar surface area (TPSA) is 76.7 Å². The van der Waals surface area contributed by atoms with Gasteiger partial charge in [0.15, 0.2) is 6.10 Å². The van der Waals surface area contributed by atoms with E-state index in [1.807, 2.05) is 46.8 Å². The van der Waals surface area contributed by atoms with E-state index < -0.39 is 24.4 Å². The molecule has 2 atom stereocenters. The highest BCUT2D eigenvalue weighted by Gasteiger charge is 2.28. The highest BCUT2D eigenvalue weighted by Crippen LogP contribution is 2.19. The normalized spacial score (nSPS) is 23.4. The zero-order valence-corrected chi connectivity index (χ0v) is 14.8. The summed E-state index contributed by atoms with van der Waals surface area (Å²) in [5.41, 5.74) is -0.375. The summed E-state index contributed by atoms with van der Waals surface area (Å²) in [6.07, 6.45) is 5.30. The molecule has 0 saturated carbocycles. The Hall–Kier alpha value is -1.72. The largest absolute Gasteiger partial charge is 0.442 e. The fourth-order valence-corrected chi connectivity index (χ4v) is 2.23. The van der Waals surface area contributed by atoms with Gasteiger partial charge in [-0.1, -0.05) is 6.08 Å². The monoisotopic (exact) mass is 326 g/mol. The third-order valence-electron chi connectivity index (χ3n) is 3.19. The Morgan fingerprint density at radius 1 is 1.13 bits per heavy atom. The zero-order valence-electron chi connectivity index (χ0n) is 14.8. The molecule has 23 heavy (non-hydrogen) atoms. The summed E-state index contributed by atoms with van der Waals surface area (Å²) in [6, 6.07) is -0.0106. The summed E-state index contributed by atoms with van der Waals surface area (Å²) in [7, 11) is 0. The van der Waals surface area contributed by atoms with Crippen LogP contribution in [0.4, 0.5) is 9.59 Å². The number of carbonyl (C=O) groups is 2. The molecule has 0 aromatic rings. The van der Waals surface area contributed by atoms with Crippen LogP contribution in [0.1, 0.15) is 60.3 Å². The van der Waals surface area contributed by atoms with Crippen molar-refractivity contribution in [2.75, 3.05) is 0 Å². The average Bonchev–Trinajstić information content (AvgIpc) is 2.34. The molecule has 2 amide bonds. The van der Waals surface area contributed by atoms with Gasteiger partial charge in [0.1, 0.15) is 6.10 Å². The van der Waals surface area contributed by atoms with Crippen molar-refractivity contribution in [3.8, 4) is 0 Å². The maximum absolute atomic E-state index is 12.0. The lowest BCUT2D eigenvalue weighted by molar-refractivity contribution is 0.00347. The smallest absolute Gasteiger partial charge is 0.408 e. The van der Waals surface area contributed by atoms with Crippen LogP contribution in [-0.4, -0.2) is 36.0 Å². The second-order valence-electron chi connectivity index (χ2n) is 7.20. The summed E-state index contributed by atoms with van der Waals surface area (Å²) in [4.78, 5) is 23.9. The van der Waals surface area contributed by atoms with E-state index in [0.717, 1.165) is 19.3 Å². The van der Waals surface area contributed by atoms with Gasteiger partial charge in [-0.15, -0.1) is 0 Å². The summed E-state index contributed by atoms with van der Waals surface area (Å²) >= 11 is 0. The third kappa shape index (κ3) is 8.47. The minimum atomic E-state index is -0.570. The van der Waals surface area contributed by atoms with E-state index >= 15 is 0 Å². The van der Waals surface area contributed by atoms with Crippen LogP contribution in [0, 0.1) is 0 Å². The van der Waals surface area contributed by atoms with Gasteiger partial charge in [0.2, 0.25) is 0 Å². The van der Waals surface area contributed by atoms with Crippen molar-refractivity contribution >= 4 is 12.2 Å². The van der Waals surface area contributed by atoms with Crippen LogP contribution in [0.2, 0.25) is 0 Å². The molecule has 0 spiro atoms. The molecule has 0 aromatic carbocycles. The van der Waals surface area contributed by atoms with Crippen molar-refractivity contribution in [3.05, 3.63) is 12.2 Å². The van der Waals surface area contributed by atoms with Crippen LogP contribution >= 0.6 is 0 Å². The van der Waals surface area contributed by atoms with E-state index in [-0.39, 0.29) is 11.6 Å². The van der Waals surface area contributed by atoms with Gasteiger partial charge < -0.3 is 20.1 Å². The summed E-state index contributed by atoms with van der Waals surface area (Å²) in [5, 5.41) is 5.45. The number of rotatable bonds is 3. The fraction of sp³-hybridized carbons (Fsp3) is 0.765. The van der Waals surface area contributed by atoms with Gasteiger partial charge in [-0.05, 0) is 66.4 Å². The number of allylic oxidation sites excluding steroid dienone is 1. The third-order valence-corrected chi connectivity index (χ3v) is 3.19. The van der Waals surface area contributed by atoms with Gasteiger partial charge in [0.25, 0.3) is 0 Å². The number of nitrogens with one attached hydrogen (secondary N) is 2. The molecule has 6 heteroatoms. The lowest BCUT2D eigenvalue weighted by Gasteiger charge is -2.28. The summed E-state index contributed by atoms with van der Waals surface area (Å²) < 4.78 is 11.0. The van der Waals surface area contributed by atoms with Crippen molar-refractivity contribution in [1.29, 1.82) is 0 Å². The maximum Gasteiger partial charge on any atom is 0.408 e. The van der Waals surface area contributed by atoms with E-state index in [4.69, 9.17) is 9.47 Å². The van der Waals surface area contributed by atoms with Gasteiger partial charge in [-0.25, -0.2) is 9.59 Å². The molecule has 132 valence electrons. The Labute approximate surface area is 139 Å². The van der Waals surface area contributed by atoms with Gasteiger partial charge in [0.05, 0.1) is 0 Å². The Kier molecular flexibility index (Phi) is 7.39. The SMILES string of the molecule is CC(C)NC(=O)OC1/C=C/CCCCC1OC(=O)NC(C)(C)C. The Balaban J connectivity index is 2.72. The predicted octanol–water partition coefficient (Wildman–Crippen LogP) is 3.51. The Bertz CT molecular complexity index is 427. The molecule has 0 heterocycles. The minimum absolute atomic E-state index is 0.0106. The highest BCUT2D eigenvalue weighted by molar-refractivity contribution is 5.69. The first-order chi connectivity index (χ1) is 10.7. The van der Waals surface area contributed by atoms with Crippen LogP contribution in [0.25, 0.3) is 0 Å². The van der Waals surface area contributed by atoms with Crippen LogP contribution < -0.4 is 10.6 Å². The Morgan fingerprint density at radius 2 is 1.83 bits per heavy atom. The summed E-state index contributed by atoms with van der Waals surface area (Å²) in [5.74, 6) is 0. The van der Waals surface area contributed by atoms with Crippen molar-refractivity contribution < 1.29 is 19.1 Å². The lowest BCUT2D eigenvalue weighted by atomic mass is 10.0. The standard InChI is InChI=1S/C17H30N2O4/c1-12(2)18-15(20)22-13-10-8-6-7-9-11-14(13)23-16(21)19-17(3,4)5/h8,10,12-14H,6-7,9,11H2,1-5H3,(H,18,20)(H,19,21)/b10-8+. The molecule has 0 radical (unpaired) electrons. The molecule has 1 rings (SSSR count). The maximum atomic E-state index is 12.0. The van der Waals surface area contributed by atoms with Crippen LogP contribution in [-0.2, 0) is 9.47 Å². The molecular formula is C17H30N2O4. The number of carbonyl (C=O) groups excluding carboxylic acids is 2. The predicted molar refractivity (Wildman–Crippen MR) is 89.3 cm³/mol. The molecule has 6 nitrogen and oxygen atoms in total. The quantitative estimate of drug-likeness (QED) is 0.778. The van der Waals surface area contributed by atoms with Gasteiger partial charge in [-0.3, -0.25) is 0 Å². The number of alkyl carbamates (subject to hydrolysis) is 2. The molecule has 0 aromatic heterocycles. The molecule has 2 N–H and O–H groups in total. The number of amides is 2. The summed E-state index contributed by atoms with van der Waals surface area (Å²) in [6.45, 7) is 9.38. The first-order valence-electron chi connectivity index (χ1n) is 8.30. The highest BCUT2D eigenvalue weighted by atomic mass is 16.6. The van der Waals surface area contributed by atoms with Crippen molar-refractivity contribution in [2.24, 2.45) is 0 Å². The van der Waals surface area contributed by atoms with E-state index in [9.17, 15) is 9.59 Å². The number of hydrogen-bond acceptors (Lipinski definition) is 4. The van der Waals surface area contributed by atoms with Gasteiger partial charge >= 0.3 is 12.2 Å². The molecule has 1 aliphatic carbocycles. The second kappa shape index (κ2) is 8.79.